The summed E-state index contributed by atoms with van der Waals surface area (Å²) in [6.45, 7) is 1.70. The summed E-state index contributed by atoms with van der Waals surface area (Å²) in [4.78, 5) is 11.8. The standard InChI is InChI=1S/C13H16N2O2/c1-9(15-17)11-7-2-3-8-12(11)14-13(16)10-5-4-6-10/h2-3,7-8,10,17H,4-6H2,1H3,(H,14,16)/b15-9+. The van der Waals surface area contributed by atoms with E-state index in [1.165, 1.54) is 0 Å². The molecule has 0 bridgehead atoms. The average molecular weight is 232 g/mol. The molecular weight excluding hydrogens is 216 g/mol. The molecule has 1 aliphatic rings. The molecule has 0 aliphatic heterocycles. The first-order valence-corrected chi connectivity index (χ1v) is 5.81. The normalized spacial score (nSPS) is 16.4. The van der Waals surface area contributed by atoms with Crippen molar-refractivity contribution in [2.75, 3.05) is 5.32 Å². The summed E-state index contributed by atoms with van der Waals surface area (Å²) >= 11 is 0. The topological polar surface area (TPSA) is 61.7 Å². The van der Waals surface area contributed by atoms with E-state index in [9.17, 15) is 4.79 Å². The minimum atomic E-state index is 0.0643. The lowest BCUT2D eigenvalue weighted by atomic mass is 9.84. The number of hydrogen-bond donors (Lipinski definition) is 2. The number of amides is 1. The van der Waals surface area contributed by atoms with E-state index in [1.54, 1.807) is 6.92 Å². The smallest absolute Gasteiger partial charge is 0.227 e. The number of carbonyl (C=O) groups is 1. The van der Waals surface area contributed by atoms with Gasteiger partial charge in [0, 0.05) is 17.2 Å². The van der Waals surface area contributed by atoms with Crippen LogP contribution in [0.4, 0.5) is 5.69 Å². The zero-order chi connectivity index (χ0) is 12.3. The highest BCUT2D eigenvalue weighted by Gasteiger charge is 2.25. The van der Waals surface area contributed by atoms with Crippen LogP contribution in [0.5, 0.6) is 0 Å². The lowest BCUT2D eigenvalue weighted by Crippen LogP contribution is -2.28. The zero-order valence-electron chi connectivity index (χ0n) is 9.81. The van der Waals surface area contributed by atoms with Crippen molar-refractivity contribution in [3.05, 3.63) is 29.8 Å². The van der Waals surface area contributed by atoms with E-state index >= 15 is 0 Å². The monoisotopic (exact) mass is 232 g/mol. The fourth-order valence-electron chi connectivity index (χ4n) is 1.87. The molecule has 4 heteroatoms. The molecule has 1 aromatic carbocycles. The predicted octanol–water partition coefficient (Wildman–Crippen LogP) is 2.62. The Kier molecular flexibility index (Phi) is 3.42. The molecule has 1 fully saturated rings. The maximum Gasteiger partial charge on any atom is 0.227 e. The Morgan fingerprint density at radius 3 is 2.71 bits per heavy atom. The Balaban J connectivity index is 2.17. The van der Waals surface area contributed by atoms with Crippen LogP contribution in [0, 0.1) is 5.92 Å². The largest absolute Gasteiger partial charge is 0.411 e. The van der Waals surface area contributed by atoms with Gasteiger partial charge in [-0.25, -0.2) is 0 Å². The van der Waals surface area contributed by atoms with Gasteiger partial charge in [-0.2, -0.15) is 0 Å². The van der Waals surface area contributed by atoms with E-state index in [-0.39, 0.29) is 11.8 Å². The molecule has 90 valence electrons. The fraction of sp³-hybridized carbons (Fsp3) is 0.385. The maximum absolute atomic E-state index is 11.8. The van der Waals surface area contributed by atoms with Crippen molar-refractivity contribution in [3.63, 3.8) is 0 Å². The first kappa shape index (κ1) is 11.6. The Morgan fingerprint density at radius 1 is 1.41 bits per heavy atom. The van der Waals surface area contributed by atoms with Crippen LogP contribution < -0.4 is 5.32 Å². The van der Waals surface area contributed by atoms with Crippen LogP contribution in [0.1, 0.15) is 31.7 Å². The summed E-state index contributed by atoms with van der Waals surface area (Å²) < 4.78 is 0. The molecule has 1 saturated carbocycles. The minimum absolute atomic E-state index is 0.0643. The van der Waals surface area contributed by atoms with Crippen molar-refractivity contribution in [1.82, 2.24) is 0 Å². The summed E-state index contributed by atoms with van der Waals surface area (Å²) in [5, 5.41) is 14.9. The van der Waals surface area contributed by atoms with E-state index in [1.807, 2.05) is 24.3 Å². The van der Waals surface area contributed by atoms with Gasteiger partial charge in [0.05, 0.1) is 5.71 Å². The van der Waals surface area contributed by atoms with E-state index in [4.69, 9.17) is 5.21 Å². The van der Waals surface area contributed by atoms with Gasteiger partial charge in [-0.1, -0.05) is 29.8 Å². The third-order valence-electron chi connectivity index (χ3n) is 3.20. The lowest BCUT2D eigenvalue weighted by molar-refractivity contribution is -0.122. The van der Waals surface area contributed by atoms with Gasteiger partial charge >= 0.3 is 0 Å². The van der Waals surface area contributed by atoms with Crippen LogP contribution in [0.15, 0.2) is 29.4 Å². The van der Waals surface area contributed by atoms with Crippen LogP contribution in [-0.2, 0) is 4.79 Å². The van der Waals surface area contributed by atoms with E-state index in [2.05, 4.69) is 10.5 Å². The average Bonchev–Trinajstić information content (AvgIpc) is 2.26. The van der Waals surface area contributed by atoms with Crippen molar-refractivity contribution in [1.29, 1.82) is 0 Å². The van der Waals surface area contributed by atoms with Crippen molar-refractivity contribution in [3.8, 4) is 0 Å². The Morgan fingerprint density at radius 2 is 2.12 bits per heavy atom. The number of rotatable bonds is 3. The number of nitrogens with zero attached hydrogens (tertiary/aromatic N) is 1. The molecule has 0 spiro atoms. The van der Waals surface area contributed by atoms with E-state index in [0.717, 1.165) is 24.8 Å². The Labute approximate surface area is 100 Å². The molecule has 1 amide bonds. The number of para-hydroxylation sites is 1. The van der Waals surface area contributed by atoms with Crippen LogP contribution in [0.3, 0.4) is 0 Å². The quantitative estimate of drug-likeness (QED) is 0.478. The molecule has 1 aromatic rings. The van der Waals surface area contributed by atoms with Crippen molar-refractivity contribution >= 4 is 17.3 Å². The highest BCUT2D eigenvalue weighted by molar-refractivity contribution is 6.06. The van der Waals surface area contributed by atoms with Crippen molar-refractivity contribution in [2.24, 2.45) is 11.1 Å². The van der Waals surface area contributed by atoms with Gasteiger partial charge in [0.15, 0.2) is 0 Å². The molecule has 0 saturated heterocycles. The highest BCUT2D eigenvalue weighted by Crippen LogP contribution is 2.28. The zero-order valence-corrected chi connectivity index (χ0v) is 9.81. The number of hydrogen-bond acceptors (Lipinski definition) is 3. The van der Waals surface area contributed by atoms with Crippen molar-refractivity contribution < 1.29 is 10.0 Å². The molecular formula is C13H16N2O2. The third-order valence-corrected chi connectivity index (χ3v) is 3.20. The number of carbonyl (C=O) groups excluding carboxylic acids is 1. The molecule has 2 N–H and O–H groups in total. The second kappa shape index (κ2) is 4.99. The minimum Gasteiger partial charge on any atom is -0.411 e. The van der Waals surface area contributed by atoms with Gasteiger partial charge < -0.3 is 10.5 Å². The van der Waals surface area contributed by atoms with Crippen LogP contribution in [0.25, 0.3) is 0 Å². The molecule has 4 nitrogen and oxygen atoms in total. The van der Waals surface area contributed by atoms with Crippen LogP contribution in [0.2, 0.25) is 0 Å². The third kappa shape index (κ3) is 2.46. The number of benzene rings is 1. The summed E-state index contributed by atoms with van der Waals surface area (Å²) in [6, 6.07) is 7.35. The molecule has 17 heavy (non-hydrogen) atoms. The molecule has 0 heterocycles. The van der Waals surface area contributed by atoms with E-state index in [0.29, 0.717) is 11.4 Å². The fourth-order valence-corrected chi connectivity index (χ4v) is 1.87. The van der Waals surface area contributed by atoms with Crippen LogP contribution >= 0.6 is 0 Å². The second-order valence-electron chi connectivity index (χ2n) is 4.35. The Hall–Kier alpha value is -1.84. The molecule has 2 rings (SSSR count). The number of anilines is 1. The second-order valence-corrected chi connectivity index (χ2v) is 4.35. The van der Waals surface area contributed by atoms with Gasteiger partial charge in [0.2, 0.25) is 5.91 Å². The van der Waals surface area contributed by atoms with Gasteiger partial charge in [0.25, 0.3) is 0 Å². The summed E-state index contributed by atoms with van der Waals surface area (Å²) in [5.74, 6) is 0.212. The summed E-state index contributed by atoms with van der Waals surface area (Å²) in [7, 11) is 0. The molecule has 0 radical (unpaired) electrons. The number of nitrogens with one attached hydrogen (secondary N) is 1. The molecule has 0 unspecified atom stereocenters. The lowest BCUT2D eigenvalue weighted by Gasteiger charge is -2.24. The van der Waals surface area contributed by atoms with Crippen molar-refractivity contribution in [2.45, 2.75) is 26.2 Å². The van der Waals surface area contributed by atoms with Crippen LogP contribution in [-0.4, -0.2) is 16.8 Å². The first-order valence-electron chi connectivity index (χ1n) is 5.81. The number of oxime groups is 1. The summed E-state index contributed by atoms with van der Waals surface area (Å²) in [6.07, 6.45) is 3.08. The SMILES string of the molecule is C/C(=N\O)c1ccccc1NC(=O)C1CCC1. The van der Waals surface area contributed by atoms with Gasteiger partial charge in [0.1, 0.15) is 0 Å². The van der Waals surface area contributed by atoms with Gasteiger partial charge in [-0.05, 0) is 25.8 Å². The van der Waals surface area contributed by atoms with Gasteiger partial charge in [-0.15, -0.1) is 0 Å². The highest BCUT2D eigenvalue weighted by atomic mass is 16.4. The molecule has 0 atom stereocenters. The first-order chi connectivity index (χ1) is 8.22. The summed E-state index contributed by atoms with van der Waals surface area (Å²) in [5.41, 5.74) is 1.96. The molecule has 1 aliphatic carbocycles. The van der Waals surface area contributed by atoms with Gasteiger partial charge in [-0.3, -0.25) is 4.79 Å². The van der Waals surface area contributed by atoms with E-state index < -0.39 is 0 Å². The Bertz CT molecular complexity index is 450. The predicted molar refractivity (Wildman–Crippen MR) is 66.4 cm³/mol. The molecule has 0 aromatic heterocycles. The maximum atomic E-state index is 11.8.